The third-order valence-corrected chi connectivity index (χ3v) is 3.91. The molecule has 4 heteroatoms. The molecule has 0 spiro atoms. The van der Waals surface area contributed by atoms with Gasteiger partial charge in [-0.05, 0) is 30.5 Å². The first-order valence-electron chi connectivity index (χ1n) is 6.80. The number of hydrogen-bond donors (Lipinski definition) is 0. The predicted octanol–water partition coefficient (Wildman–Crippen LogP) is 2.96. The first-order chi connectivity index (χ1) is 9.22. The van der Waals surface area contributed by atoms with Crippen molar-refractivity contribution in [1.29, 1.82) is 0 Å². The van der Waals surface area contributed by atoms with Crippen LogP contribution >= 0.6 is 11.6 Å². The molecule has 1 saturated heterocycles. The van der Waals surface area contributed by atoms with Crippen molar-refractivity contribution in [3.8, 4) is 5.75 Å². The van der Waals surface area contributed by atoms with Gasteiger partial charge in [0.15, 0.2) is 0 Å². The molecular weight excluding hydrogens is 264 g/mol. The fourth-order valence-corrected chi connectivity index (χ4v) is 3.08. The number of ether oxygens (including phenoxy) is 2. The lowest BCUT2D eigenvalue weighted by Crippen LogP contribution is -2.14. The van der Waals surface area contributed by atoms with Crippen molar-refractivity contribution in [2.45, 2.75) is 38.2 Å². The van der Waals surface area contributed by atoms with Crippen LogP contribution in [0.15, 0.2) is 12.1 Å². The highest BCUT2D eigenvalue weighted by Gasteiger charge is 2.22. The van der Waals surface area contributed by atoms with Crippen LogP contribution in [0, 0.1) is 0 Å². The van der Waals surface area contributed by atoms with Crippen LogP contribution in [0.1, 0.15) is 30.4 Å². The number of Topliss-reactive ketones (excluding diaryl/α,β-unsaturated/α-hetero) is 1. The molecule has 0 bridgehead atoms. The van der Waals surface area contributed by atoms with Crippen LogP contribution in [-0.2, 0) is 22.4 Å². The second-order valence-electron chi connectivity index (χ2n) is 5.21. The lowest BCUT2D eigenvalue weighted by atomic mass is 10.0. The molecule has 2 heterocycles. The molecule has 1 atom stereocenters. The Kier molecular flexibility index (Phi) is 3.76. The highest BCUT2D eigenvalue weighted by molar-refractivity contribution is 6.30. The molecule has 0 amide bonds. The number of halogens is 1. The van der Waals surface area contributed by atoms with Gasteiger partial charge in [0.1, 0.15) is 11.5 Å². The molecule has 3 rings (SSSR count). The number of hydrogen-bond acceptors (Lipinski definition) is 3. The van der Waals surface area contributed by atoms with Crippen LogP contribution in [-0.4, -0.2) is 25.1 Å². The highest BCUT2D eigenvalue weighted by atomic mass is 35.5. The molecule has 1 unspecified atom stereocenters. The molecule has 102 valence electrons. The van der Waals surface area contributed by atoms with Gasteiger partial charge in [0.2, 0.25) is 0 Å². The topological polar surface area (TPSA) is 35.5 Å². The number of rotatable bonds is 4. The van der Waals surface area contributed by atoms with E-state index in [-0.39, 0.29) is 11.9 Å². The molecule has 0 radical (unpaired) electrons. The molecular formula is C15H17ClO3. The van der Waals surface area contributed by atoms with Crippen molar-refractivity contribution in [3.05, 3.63) is 28.3 Å². The van der Waals surface area contributed by atoms with Gasteiger partial charge in [0.25, 0.3) is 0 Å². The maximum Gasteiger partial charge on any atom is 0.139 e. The Balaban J connectivity index is 1.70. The fraction of sp³-hybridized carbons (Fsp3) is 0.533. The molecule has 2 aliphatic heterocycles. The largest absolute Gasteiger partial charge is 0.493 e. The third kappa shape index (κ3) is 2.93. The third-order valence-electron chi connectivity index (χ3n) is 3.69. The first kappa shape index (κ1) is 12.9. The Hall–Kier alpha value is -1.06. The number of ketones is 1. The lowest BCUT2D eigenvalue weighted by molar-refractivity contribution is -0.120. The van der Waals surface area contributed by atoms with Gasteiger partial charge in [-0.25, -0.2) is 0 Å². The van der Waals surface area contributed by atoms with Gasteiger partial charge in [-0.2, -0.15) is 0 Å². The molecule has 0 aromatic heterocycles. The van der Waals surface area contributed by atoms with Crippen molar-refractivity contribution < 1.29 is 14.3 Å². The number of fused-ring (bicyclic) bond motifs is 1. The van der Waals surface area contributed by atoms with E-state index in [0.717, 1.165) is 42.7 Å². The van der Waals surface area contributed by atoms with Gasteiger partial charge >= 0.3 is 0 Å². The average molecular weight is 281 g/mol. The number of carbonyl (C=O) groups excluding carboxylic acids is 1. The smallest absolute Gasteiger partial charge is 0.139 e. The van der Waals surface area contributed by atoms with Crippen LogP contribution in [0.25, 0.3) is 0 Å². The fourth-order valence-electron chi connectivity index (χ4n) is 2.82. The first-order valence-corrected chi connectivity index (χ1v) is 7.17. The molecule has 0 N–H and O–H groups in total. The van der Waals surface area contributed by atoms with Crippen molar-refractivity contribution >= 4 is 17.4 Å². The van der Waals surface area contributed by atoms with Crippen LogP contribution in [0.2, 0.25) is 5.02 Å². The Labute approximate surface area is 117 Å². The minimum atomic E-state index is 0.112. The molecule has 3 nitrogen and oxygen atoms in total. The van der Waals surface area contributed by atoms with Crippen LogP contribution < -0.4 is 4.74 Å². The van der Waals surface area contributed by atoms with Crippen molar-refractivity contribution in [1.82, 2.24) is 0 Å². The highest BCUT2D eigenvalue weighted by Crippen LogP contribution is 2.33. The molecule has 0 aliphatic carbocycles. The molecule has 1 aromatic rings. The Morgan fingerprint density at radius 1 is 1.37 bits per heavy atom. The Morgan fingerprint density at radius 2 is 2.26 bits per heavy atom. The maximum atomic E-state index is 12.1. The van der Waals surface area contributed by atoms with E-state index in [1.54, 1.807) is 0 Å². The number of benzene rings is 1. The molecule has 2 aliphatic rings. The summed E-state index contributed by atoms with van der Waals surface area (Å²) in [6.45, 7) is 1.47. The van der Waals surface area contributed by atoms with E-state index in [9.17, 15) is 4.79 Å². The zero-order valence-corrected chi connectivity index (χ0v) is 11.5. The summed E-state index contributed by atoms with van der Waals surface area (Å²) in [7, 11) is 0. The van der Waals surface area contributed by atoms with Crippen LogP contribution in [0.4, 0.5) is 0 Å². The zero-order chi connectivity index (χ0) is 13.2. The van der Waals surface area contributed by atoms with E-state index >= 15 is 0 Å². The molecule has 1 aromatic carbocycles. The van der Waals surface area contributed by atoms with Gasteiger partial charge in [0.05, 0.1) is 12.7 Å². The van der Waals surface area contributed by atoms with Crippen LogP contribution in [0.5, 0.6) is 5.75 Å². The van der Waals surface area contributed by atoms with Crippen molar-refractivity contribution in [2.24, 2.45) is 0 Å². The molecule has 19 heavy (non-hydrogen) atoms. The van der Waals surface area contributed by atoms with Crippen LogP contribution in [0.3, 0.4) is 0 Å². The second-order valence-corrected chi connectivity index (χ2v) is 5.64. The summed E-state index contributed by atoms with van der Waals surface area (Å²) >= 11 is 6.09. The zero-order valence-electron chi connectivity index (χ0n) is 10.8. The van der Waals surface area contributed by atoms with E-state index in [1.807, 2.05) is 12.1 Å². The molecule has 1 fully saturated rings. The monoisotopic (exact) mass is 280 g/mol. The van der Waals surface area contributed by atoms with Gasteiger partial charge in [-0.1, -0.05) is 11.6 Å². The summed E-state index contributed by atoms with van der Waals surface area (Å²) in [4.78, 5) is 12.1. The quantitative estimate of drug-likeness (QED) is 0.851. The minimum Gasteiger partial charge on any atom is -0.493 e. The van der Waals surface area contributed by atoms with Crippen molar-refractivity contribution in [3.63, 3.8) is 0 Å². The second kappa shape index (κ2) is 5.51. The maximum absolute atomic E-state index is 12.1. The van der Waals surface area contributed by atoms with E-state index in [1.165, 1.54) is 0 Å². The molecule has 0 saturated carbocycles. The summed E-state index contributed by atoms with van der Waals surface area (Å²) < 4.78 is 11.1. The summed E-state index contributed by atoms with van der Waals surface area (Å²) in [6.07, 6.45) is 3.94. The average Bonchev–Trinajstić information content (AvgIpc) is 2.99. The minimum absolute atomic E-state index is 0.112. The SMILES string of the molecule is O=C(Cc1cc(Cl)cc2c1OCC2)CC1CCCO1. The Morgan fingerprint density at radius 3 is 3.05 bits per heavy atom. The van der Waals surface area contributed by atoms with Gasteiger partial charge in [0, 0.05) is 36.5 Å². The van der Waals surface area contributed by atoms with E-state index in [4.69, 9.17) is 21.1 Å². The lowest BCUT2D eigenvalue weighted by Gasteiger charge is -2.11. The Bertz CT molecular complexity index is 492. The summed E-state index contributed by atoms with van der Waals surface area (Å²) in [5.74, 6) is 1.07. The summed E-state index contributed by atoms with van der Waals surface area (Å²) in [5, 5.41) is 0.684. The van der Waals surface area contributed by atoms with E-state index < -0.39 is 0 Å². The van der Waals surface area contributed by atoms with E-state index in [0.29, 0.717) is 24.5 Å². The van der Waals surface area contributed by atoms with Gasteiger partial charge < -0.3 is 9.47 Å². The van der Waals surface area contributed by atoms with Gasteiger partial charge in [-0.3, -0.25) is 4.79 Å². The summed E-state index contributed by atoms with van der Waals surface area (Å²) in [5.41, 5.74) is 2.04. The normalized spacial score (nSPS) is 21.2. The van der Waals surface area contributed by atoms with Gasteiger partial charge in [-0.15, -0.1) is 0 Å². The summed E-state index contributed by atoms with van der Waals surface area (Å²) in [6, 6.07) is 3.77. The predicted molar refractivity (Wildman–Crippen MR) is 73.0 cm³/mol. The standard InChI is InChI=1S/C15H17ClO3/c16-12-6-10-3-5-19-15(10)11(7-12)8-13(17)9-14-2-1-4-18-14/h6-7,14H,1-5,8-9H2. The number of carbonyl (C=O) groups is 1. The van der Waals surface area contributed by atoms with Crippen molar-refractivity contribution in [2.75, 3.05) is 13.2 Å². The van der Waals surface area contributed by atoms with E-state index in [2.05, 4.69) is 0 Å².